The van der Waals surface area contributed by atoms with Crippen LogP contribution in [0, 0.1) is 0 Å². The van der Waals surface area contributed by atoms with E-state index in [4.69, 9.17) is 0 Å². The molecule has 21 heavy (non-hydrogen) atoms. The van der Waals surface area contributed by atoms with E-state index < -0.39 is 0 Å². The van der Waals surface area contributed by atoms with Gasteiger partial charge in [-0.2, -0.15) is 0 Å². The van der Waals surface area contributed by atoms with Crippen LogP contribution in [0.1, 0.15) is 18.4 Å². The molecule has 3 aromatic rings. The average Bonchev–Trinajstić information content (AvgIpc) is 2.95. The minimum atomic E-state index is 0.491. The normalized spacial score (nSPS) is 12.5. The van der Waals surface area contributed by atoms with E-state index in [2.05, 4.69) is 72.0 Å². The summed E-state index contributed by atoms with van der Waals surface area (Å²) in [5.74, 6) is 0.491. The van der Waals surface area contributed by atoms with Gasteiger partial charge in [0.15, 0.2) is 4.34 Å². The van der Waals surface area contributed by atoms with Crippen LogP contribution in [0.3, 0.4) is 0 Å². The van der Waals surface area contributed by atoms with Crippen molar-refractivity contribution in [2.75, 3.05) is 18.1 Å². The molecule has 1 unspecified atom stereocenters. The maximum Gasteiger partial charge on any atom is 0.150 e. The molecule has 0 saturated heterocycles. The van der Waals surface area contributed by atoms with E-state index in [1.54, 1.807) is 23.1 Å². The second-order valence-electron chi connectivity index (χ2n) is 5.06. The van der Waals surface area contributed by atoms with Gasteiger partial charge < -0.3 is 5.32 Å². The number of thioether (sulfide) groups is 1. The van der Waals surface area contributed by atoms with Crippen LogP contribution in [-0.2, 0) is 0 Å². The molecule has 0 amide bonds. The summed E-state index contributed by atoms with van der Waals surface area (Å²) < 4.78 is 2.37. The van der Waals surface area contributed by atoms with Gasteiger partial charge >= 0.3 is 0 Å². The van der Waals surface area contributed by atoms with Crippen molar-refractivity contribution in [3.8, 4) is 0 Å². The minimum absolute atomic E-state index is 0.491. The average molecular weight is 314 g/mol. The molecule has 0 spiro atoms. The number of nitrogens with one attached hydrogen (secondary N) is 1. The number of benzene rings is 2. The lowest BCUT2D eigenvalue weighted by Gasteiger charge is -2.14. The lowest BCUT2D eigenvalue weighted by atomic mass is 10.0. The third-order valence-corrected chi connectivity index (χ3v) is 5.53. The van der Waals surface area contributed by atoms with Crippen molar-refractivity contribution < 1.29 is 0 Å². The standard InChI is InChI=1S/C17H18N2S2/c1-12(13-6-4-3-5-7-13)11-18-14-8-9-15-16(10-14)21-17(19-15)20-2/h3-10,12,18H,11H2,1-2H3. The zero-order chi connectivity index (χ0) is 14.7. The Balaban J connectivity index is 1.70. The SMILES string of the molecule is CSc1nc2ccc(NCC(C)c3ccccc3)cc2s1. The van der Waals surface area contributed by atoms with Crippen molar-refractivity contribution in [1.29, 1.82) is 0 Å². The first-order chi connectivity index (χ1) is 10.3. The monoisotopic (exact) mass is 314 g/mol. The summed E-state index contributed by atoms with van der Waals surface area (Å²) in [6.07, 6.45) is 2.07. The molecule has 4 heteroatoms. The third kappa shape index (κ3) is 3.39. The van der Waals surface area contributed by atoms with Gasteiger partial charge in [0.25, 0.3) is 0 Å². The molecule has 0 aliphatic carbocycles. The molecule has 2 nitrogen and oxygen atoms in total. The van der Waals surface area contributed by atoms with Gasteiger partial charge in [-0.25, -0.2) is 4.98 Å². The Bertz CT molecular complexity index is 722. The maximum atomic E-state index is 4.57. The summed E-state index contributed by atoms with van der Waals surface area (Å²) in [5, 5.41) is 3.53. The first-order valence-electron chi connectivity index (χ1n) is 6.99. The lowest BCUT2D eigenvalue weighted by Crippen LogP contribution is -2.09. The van der Waals surface area contributed by atoms with E-state index in [1.165, 1.54) is 16.0 Å². The molecule has 0 fully saturated rings. The van der Waals surface area contributed by atoms with Crippen molar-refractivity contribution in [2.24, 2.45) is 0 Å². The lowest BCUT2D eigenvalue weighted by molar-refractivity contribution is 0.805. The number of anilines is 1. The summed E-state index contributed by atoms with van der Waals surface area (Å²) in [6, 6.07) is 17.0. The van der Waals surface area contributed by atoms with Gasteiger partial charge in [0.2, 0.25) is 0 Å². The topological polar surface area (TPSA) is 24.9 Å². The molecule has 1 N–H and O–H groups in total. The van der Waals surface area contributed by atoms with E-state index in [0.717, 1.165) is 16.4 Å². The Hall–Kier alpha value is -1.52. The molecule has 3 rings (SSSR count). The Morgan fingerprint density at radius 2 is 2.00 bits per heavy atom. The second kappa shape index (κ2) is 6.50. The highest BCUT2D eigenvalue weighted by molar-refractivity contribution is 8.00. The molecule has 0 radical (unpaired) electrons. The summed E-state index contributed by atoms with van der Waals surface area (Å²) in [5.41, 5.74) is 3.63. The molecule has 1 heterocycles. The maximum absolute atomic E-state index is 4.57. The fourth-order valence-electron chi connectivity index (χ4n) is 2.27. The fraction of sp³-hybridized carbons (Fsp3) is 0.235. The van der Waals surface area contributed by atoms with E-state index in [-0.39, 0.29) is 0 Å². The number of hydrogen-bond donors (Lipinski definition) is 1. The Morgan fingerprint density at radius 1 is 1.19 bits per heavy atom. The van der Waals surface area contributed by atoms with Gasteiger partial charge in [0.05, 0.1) is 10.2 Å². The van der Waals surface area contributed by atoms with Crippen molar-refractivity contribution in [2.45, 2.75) is 17.2 Å². The van der Waals surface area contributed by atoms with Crippen LogP contribution >= 0.6 is 23.1 Å². The molecule has 0 saturated carbocycles. The summed E-state index contributed by atoms with van der Waals surface area (Å²) in [6.45, 7) is 3.18. The first kappa shape index (κ1) is 14.4. The molecule has 108 valence electrons. The Labute approximate surface area is 133 Å². The van der Waals surface area contributed by atoms with Gasteiger partial charge in [0.1, 0.15) is 0 Å². The molecule has 2 aromatic carbocycles. The summed E-state index contributed by atoms with van der Waals surface area (Å²) >= 11 is 3.46. The highest BCUT2D eigenvalue weighted by Crippen LogP contribution is 2.30. The van der Waals surface area contributed by atoms with Crippen LogP contribution in [0.5, 0.6) is 0 Å². The van der Waals surface area contributed by atoms with Gasteiger partial charge in [-0.3, -0.25) is 0 Å². The van der Waals surface area contributed by atoms with Crippen LogP contribution in [-0.4, -0.2) is 17.8 Å². The number of fused-ring (bicyclic) bond motifs is 1. The Kier molecular flexibility index (Phi) is 4.46. The Morgan fingerprint density at radius 3 is 2.76 bits per heavy atom. The van der Waals surface area contributed by atoms with E-state index in [0.29, 0.717) is 5.92 Å². The molecule has 1 atom stereocenters. The first-order valence-corrected chi connectivity index (χ1v) is 9.04. The van der Waals surface area contributed by atoms with Crippen LogP contribution in [0.2, 0.25) is 0 Å². The quantitative estimate of drug-likeness (QED) is 0.652. The molecule has 1 aromatic heterocycles. The van der Waals surface area contributed by atoms with Crippen LogP contribution < -0.4 is 5.32 Å². The predicted molar refractivity (Wildman–Crippen MR) is 94.7 cm³/mol. The number of thiazole rings is 1. The number of nitrogens with zero attached hydrogens (tertiary/aromatic N) is 1. The molecular formula is C17H18N2S2. The van der Waals surface area contributed by atoms with Gasteiger partial charge in [-0.15, -0.1) is 11.3 Å². The highest BCUT2D eigenvalue weighted by atomic mass is 32.2. The molecular weight excluding hydrogens is 296 g/mol. The largest absolute Gasteiger partial charge is 0.384 e. The van der Waals surface area contributed by atoms with E-state index >= 15 is 0 Å². The van der Waals surface area contributed by atoms with E-state index in [1.807, 2.05) is 0 Å². The van der Waals surface area contributed by atoms with Crippen molar-refractivity contribution in [3.63, 3.8) is 0 Å². The van der Waals surface area contributed by atoms with Crippen molar-refractivity contribution in [3.05, 3.63) is 54.1 Å². The molecule has 0 bridgehead atoms. The van der Waals surface area contributed by atoms with Crippen LogP contribution in [0.25, 0.3) is 10.2 Å². The number of hydrogen-bond acceptors (Lipinski definition) is 4. The highest BCUT2D eigenvalue weighted by Gasteiger charge is 2.06. The van der Waals surface area contributed by atoms with Gasteiger partial charge in [-0.1, -0.05) is 49.0 Å². The molecule has 0 aliphatic rings. The number of rotatable bonds is 5. The fourth-order valence-corrected chi connectivity index (χ4v) is 3.80. The van der Waals surface area contributed by atoms with Gasteiger partial charge in [0, 0.05) is 12.2 Å². The summed E-state index contributed by atoms with van der Waals surface area (Å²) in [7, 11) is 0. The van der Waals surface area contributed by atoms with Crippen molar-refractivity contribution >= 4 is 39.0 Å². The van der Waals surface area contributed by atoms with Crippen molar-refractivity contribution in [1.82, 2.24) is 4.98 Å². The minimum Gasteiger partial charge on any atom is -0.384 e. The zero-order valence-electron chi connectivity index (χ0n) is 12.2. The smallest absolute Gasteiger partial charge is 0.150 e. The zero-order valence-corrected chi connectivity index (χ0v) is 13.8. The van der Waals surface area contributed by atoms with Crippen LogP contribution in [0.4, 0.5) is 5.69 Å². The van der Waals surface area contributed by atoms with E-state index in [9.17, 15) is 0 Å². The predicted octanol–water partition coefficient (Wildman–Crippen LogP) is 5.23. The summed E-state index contributed by atoms with van der Waals surface area (Å²) in [4.78, 5) is 4.57. The van der Waals surface area contributed by atoms with Gasteiger partial charge in [-0.05, 0) is 35.9 Å². The third-order valence-electron chi connectivity index (χ3n) is 3.52. The molecule has 0 aliphatic heterocycles. The van der Waals surface area contributed by atoms with Crippen LogP contribution in [0.15, 0.2) is 52.9 Å². The number of aromatic nitrogens is 1. The second-order valence-corrected chi connectivity index (χ2v) is 7.14.